The molecule has 0 aliphatic carbocycles. The lowest BCUT2D eigenvalue weighted by Crippen LogP contribution is -3.00. The summed E-state index contributed by atoms with van der Waals surface area (Å²) in [5.41, 5.74) is 6.66. The molecular weight excluding hydrogens is 342 g/mol. The zero-order valence-electron chi connectivity index (χ0n) is 15.6. The van der Waals surface area contributed by atoms with Gasteiger partial charge in [-0.3, -0.25) is 0 Å². The Kier molecular flexibility index (Phi) is 6.53. The van der Waals surface area contributed by atoms with Crippen molar-refractivity contribution in [2.75, 3.05) is 19.0 Å². The molecule has 3 aromatic rings. The number of azo groups is 2. The third kappa shape index (κ3) is 4.70. The van der Waals surface area contributed by atoms with E-state index in [4.69, 9.17) is 5.11 Å². The first-order valence-corrected chi connectivity index (χ1v) is 8.45. The second-order valence-corrected chi connectivity index (χ2v) is 6.49. The van der Waals surface area contributed by atoms with Gasteiger partial charge in [-0.25, -0.2) is 0 Å². The van der Waals surface area contributed by atoms with Crippen LogP contribution in [-0.2, 0) is 0 Å². The number of rotatable bonds is 4. The highest BCUT2D eigenvalue weighted by atomic mass is 35.5. The maximum Gasteiger partial charge on any atom is 0.238 e. The summed E-state index contributed by atoms with van der Waals surface area (Å²) in [4.78, 5) is 2.08. The molecule has 0 aliphatic heterocycles. The van der Waals surface area contributed by atoms with Crippen molar-refractivity contribution < 1.29 is 12.4 Å². The van der Waals surface area contributed by atoms with Crippen molar-refractivity contribution in [1.82, 2.24) is 4.70 Å². The Hall–Kier alpha value is -2.65. The van der Waals surface area contributed by atoms with Crippen LogP contribution >= 0.6 is 0 Å². The van der Waals surface area contributed by atoms with Crippen molar-refractivity contribution in [2.45, 2.75) is 13.8 Å². The van der Waals surface area contributed by atoms with Gasteiger partial charge in [0.25, 0.3) is 0 Å². The van der Waals surface area contributed by atoms with Gasteiger partial charge in [0.15, 0.2) is 0 Å². The Labute approximate surface area is 162 Å². The molecule has 0 aliphatic rings. The van der Waals surface area contributed by atoms with E-state index in [2.05, 4.69) is 79.4 Å². The summed E-state index contributed by atoms with van der Waals surface area (Å²) in [5, 5.41) is 4.87. The van der Waals surface area contributed by atoms with Crippen molar-refractivity contribution in [3.8, 4) is 0 Å². The van der Waals surface area contributed by atoms with Crippen molar-refractivity contribution in [3.63, 3.8) is 0 Å². The van der Waals surface area contributed by atoms with Crippen LogP contribution in [0.1, 0.15) is 11.1 Å². The zero-order valence-corrected chi connectivity index (χ0v) is 16.4. The molecular formula is C22H24ClN3. The molecule has 0 radical (unpaired) electrons. The predicted molar refractivity (Wildman–Crippen MR) is 107 cm³/mol. The van der Waals surface area contributed by atoms with Crippen LogP contribution in [0.25, 0.3) is 0 Å². The van der Waals surface area contributed by atoms with Crippen LogP contribution in [0.2, 0.25) is 0 Å². The van der Waals surface area contributed by atoms with E-state index >= 15 is 0 Å². The van der Waals surface area contributed by atoms with Gasteiger partial charge in [0.05, 0.1) is 0 Å². The molecule has 3 nitrogen and oxygen atoms in total. The molecule has 0 amide bonds. The Morgan fingerprint density at radius 2 is 1.08 bits per heavy atom. The van der Waals surface area contributed by atoms with Crippen molar-refractivity contribution in [2.24, 2.45) is 5.11 Å². The third-order valence-corrected chi connectivity index (χ3v) is 4.14. The fraction of sp³-hybridized carbons (Fsp3) is 0.182. The van der Waals surface area contributed by atoms with Crippen LogP contribution in [0.4, 0.5) is 22.7 Å². The molecule has 0 saturated carbocycles. The van der Waals surface area contributed by atoms with Gasteiger partial charge in [0, 0.05) is 49.2 Å². The van der Waals surface area contributed by atoms with Crippen LogP contribution in [-0.4, -0.2) is 14.1 Å². The largest absolute Gasteiger partial charge is 1.00 e. The summed E-state index contributed by atoms with van der Waals surface area (Å²) in [5.74, 6) is 0. The van der Waals surface area contributed by atoms with Crippen LogP contribution < -0.4 is 22.0 Å². The molecule has 0 N–H and O–H groups in total. The van der Waals surface area contributed by atoms with E-state index in [1.165, 1.54) is 11.1 Å². The molecule has 134 valence electrons. The average molecular weight is 366 g/mol. The highest BCUT2D eigenvalue weighted by molar-refractivity contribution is 5.55. The predicted octanol–water partition coefficient (Wildman–Crippen LogP) is 2.99. The van der Waals surface area contributed by atoms with Crippen molar-refractivity contribution in [3.05, 3.63) is 83.9 Å². The van der Waals surface area contributed by atoms with Crippen LogP contribution in [0.3, 0.4) is 0 Å². The van der Waals surface area contributed by atoms with Gasteiger partial charge in [-0.05, 0) is 42.8 Å². The zero-order chi connectivity index (χ0) is 17.8. The lowest BCUT2D eigenvalue weighted by molar-refractivity contribution is -0.00000527. The number of anilines is 1. The molecule has 0 heterocycles. The maximum absolute atomic E-state index is 4.87. The highest BCUT2D eigenvalue weighted by Crippen LogP contribution is 2.26. The number of benzene rings is 3. The highest BCUT2D eigenvalue weighted by Gasteiger charge is 2.16. The molecule has 0 atom stereocenters. The van der Waals surface area contributed by atoms with Gasteiger partial charge >= 0.3 is 0 Å². The molecule has 0 unspecified atom stereocenters. The minimum Gasteiger partial charge on any atom is -1.00 e. The fourth-order valence-electron chi connectivity index (χ4n) is 2.57. The fourth-order valence-corrected chi connectivity index (χ4v) is 2.57. The van der Waals surface area contributed by atoms with Gasteiger partial charge in [-0.2, -0.15) is 0 Å². The summed E-state index contributed by atoms with van der Waals surface area (Å²) in [6.07, 6.45) is 0. The second-order valence-electron chi connectivity index (χ2n) is 6.49. The Balaban J connectivity index is 0.00000243. The van der Waals surface area contributed by atoms with Gasteiger partial charge in [0.1, 0.15) is 5.69 Å². The molecule has 0 spiro atoms. The minimum atomic E-state index is 0. The first kappa shape index (κ1) is 19.7. The van der Waals surface area contributed by atoms with E-state index < -0.39 is 0 Å². The average Bonchev–Trinajstić information content (AvgIpc) is 2.62. The first-order valence-electron chi connectivity index (χ1n) is 8.45. The molecule has 4 heteroatoms. The van der Waals surface area contributed by atoms with E-state index in [1.54, 1.807) is 0 Å². The molecule has 0 bridgehead atoms. The van der Waals surface area contributed by atoms with Gasteiger partial charge in [0.2, 0.25) is 11.4 Å². The standard InChI is InChI=1S/C22H24N3.ClH/c1-17-5-11-21(12-6-17)25(22-13-7-18(2)8-14-22)23-19-9-15-20(16-10-19)24(3)4;/h5-16H,1-4H3;1H/q+1;/p-1. The van der Waals surface area contributed by atoms with Crippen LogP contribution in [0, 0.1) is 13.8 Å². The summed E-state index contributed by atoms with van der Waals surface area (Å²) < 4.78 is 1.99. The first-order chi connectivity index (χ1) is 12.0. The second kappa shape index (κ2) is 8.63. The van der Waals surface area contributed by atoms with E-state index in [0.717, 1.165) is 22.7 Å². The summed E-state index contributed by atoms with van der Waals surface area (Å²) in [7, 11) is 4.08. The van der Waals surface area contributed by atoms with Gasteiger partial charge < -0.3 is 17.3 Å². The molecule has 0 saturated heterocycles. The maximum atomic E-state index is 4.87. The molecule has 0 fully saturated rings. The van der Waals surface area contributed by atoms with Gasteiger partial charge in [-0.15, -0.1) is 0 Å². The Morgan fingerprint density at radius 3 is 1.46 bits per heavy atom. The van der Waals surface area contributed by atoms with E-state index in [-0.39, 0.29) is 12.4 Å². The number of hydrogen-bond acceptors (Lipinski definition) is 2. The molecule has 26 heavy (non-hydrogen) atoms. The number of halogens is 1. The van der Waals surface area contributed by atoms with Crippen molar-refractivity contribution >= 4 is 22.7 Å². The minimum absolute atomic E-state index is 0. The van der Waals surface area contributed by atoms with Gasteiger partial charge in [-0.1, -0.05) is 35.4 Å². The topological polar surface area (TPSA) is 18.6 Å². The summed E-state index contributed by atoms with van der Waals surface area (Å²) in [6.45, 7) is 4.19. The number of aryl methyl sites for hydroxylation is 2. The lowest BCUT2D eigenvalue weighted by Gasteiger charge is -2.11. The number of nitrogens with zero attached hydrogens (tertiary/aromatic N) is 3. The smallest absolute Gasteiger partial charge is 0.238 e. The Bertz CT molecular complexity index is 817. The third-order valence-electron chi connectivity index (χ3n) is 4.14. The van der Waals surface area contributed by atoms with E-state index in [9.17, 15) is 0 Å². The van der Waals surface area contributed by atoms with Crippen LogP contribution in [0.15, 0.2) is 77.9 Å². The van der Waals surface area contributed by atoms with E-state index in [0.29, 0.717) is 0 Å². The molecule has 0 aromatic heterocycles. The summed E-state index contributed by atoms with van der Waals surface area (Å²) >= 11 is 0. The van der Waals surface area contributed by atoms with E-state index in [1.807, 2.05) is 30.9 Å². The Morgan fingerprint density at radius 1 is 0.654 bits per heavy atom. The summed E-state index contributed by atoms with van der Waals surface area (Å²) in [6, 6.07) is 25.1. The normalized spacial score (nSPS) is 10.0. The van der Waals surface area contributed by atoms with Crippen molar-refractivity contribution in [1.29, 1.82) is 0 Å². The quantitative estimate of drug-likeness (QED) is 0.513. The van der Waals surface area contributed by atoms with Crippen LogP contribution in [0.5, 0.6) is 0 Å². The number of hydrogen-bond donors (Lipinski definition) is 0. The molecule has 3 rings (SSSR count). The lowest BCUT2D eigenvalue weighted by atomic mass is 10.2. The molecule has 3 aromatic carbocycles. The SMILES string of the molecule is Cc1ccc([N+](=Nc2ccc(N(C)C)cc2)c2ccc(C)cc2)cc1.[Cl-]. The monoisotopic (exact) mass is 365 g/mol.